The molecular formula is C16H24N4O. The fourth-order valence-corrected chi connectivity index (χ4v) is 2.23. The van der Waals surface area contributed by atoms with E-state index in [2.05, 4.69) is 35.3 Å². The minimum absolute atomic E-state index is 0.641. The molecule has 0 bridgehead atoms. The van der Waals surface area contributed by atoms with Crippen molar-refractivity contribution < 1.29 is 4.74 Å². The smallest absolute Gasteiger partial charge is 0.219 e. The average molecular weight is 288 g/mol. The fourth-order valence-electron chi connectivity index (χ4n) is 2.23. The predicted molar refractivity (Wildman–Crippen MR) is 83.6 cm³/mol. The third-order valence-electron chi connectivity index (χ3n) is 3.09. The summed E-state index contributed by atoms with van der Waals surface area (Å²) in [5, 5.41) is 7.44. The Kier molecular flexibility index (Phi) is 5.75. The first-order valence-corrected chi connectivity index (χ1v) is 7.60. The van der Waals surface area contributed by atoms with Gasteiger partial charge in [-0.1, -0.05) is 20.3 Å². The van der Waals surface area contributed by atoms with E-state index in [1.807, 2.05) is 24.0 Å². The molecule has 0 amide bonds. The molecule has 0 aromatic carbocycles. The predicted octanol–water partition coefficient (Wildman–Crippen LogP) is 3.15. The summed E-state index contributed by atoms with van der Waals surface area (Å²) in [6, 6.07) is 4.11. The Hall–Kier alpha value is -1.88. The quantitative estimate of drug-likeness (QED) is 0.810. The highest BCUT2D eigenvalue weighted by molar-refractivity contribution is 5.29. The SMILES string of the molecule is CCCc1cc(CNC)cc(Oc2cnn(CCC)c2)n1. The summed E-state index contributed by atoms with van der Waals surface area (Å²) in [5.41, 5.74) is 2.26. The Bertz CT molecular complexity index is 541. The number of hydrogen-bond donors (Lipinski definition) is 1. The van der Waals surface area contributed by atoms with Gasteiger partial charge in [0.15, 0.2) is 5.75 Å². The summed E-state index contributed by atoms with van der Waals surface area (Å²) in [5.74, 6) is 1.38. The van der Waals surface area contributed by atoms with Crippen LogP contribution in [-0.4, -0.2) is 21.8 Å². The number of rotatable bonds is 8. The Labute approximate surface area is 126 Å². The molecule has 0 unspecified atom stereocenters. The first-order valence-electron chi connectivity index (χ1n) is 7.60. The van der Waals surface area contributed by atoms with Gasteiger partial charge in [0.05, 0.1) is 12.4 Å². The first kappa shape index (κ1) is 15.5. The third-order valence-corrected chi connectivity index (χ3v) is 3.09. The monoisotopic (exact) mass is 288 g/mol. The van der Waals surface area contributed by atoms with Crippen LogP contribution in [0.25, 0.3) is 0 Å². The van der Waals surface area contributed by atoms with Crippen LogP contribution in [0.3, 0.4) is 0 Å². The van der Waals surface area contributed by atoms with Crippen molar-refractivity contribution in [2.75, 3.05) is 7.05 Å². The molecule has 2 heterocycles. The van der Waals surface area contributed by atoms with Crippen molar-refractivity contribution >= 4 is 0 Å². The number of ether oxygens (including phenoxy) is 1. The van der Waals surface area contributed by atoms with E-state index in [0.717, 1.165) is 43.8 Å². The maximum atomic E-state index is 5.86. The zero-order chi connectivity index (χ0) is 15.1. The van der Waals surface area contributed by atoms with Gasteiger partial charge in [0.25, 0.3) is 0 Å². The number of pyridine rings is 1. The second-order valence-corrected chi connectivity index (χ2v) is 5.13. The van der Waals surface area contributed by atoms with Crippen LogP contribution in [0, 0.1) is 0 Å². The minimum atomic E-state index is 0.641. The largest absolute Gasteiger partial charge is 0.436 e. The molecule has 0 aliphatic carbocycles. The van der Waals surface area contributed by atoms with Crippen molar-refractivity contribution in [3.63, 3.8) is 0 Å². The van der Waals surface area contributed by atoms with E-state index in [-0.39, 0.29) is 0 Å². The van der Waals surface area contributed by atoms with Gasteiger partial charge in [0.1, 0.15) is 0 Å². The lowest BCUT2D eigenvalue weighted by Gasteiger charge is -2.08. The van der Waals surface area contributed by atoms with Crippen molar-refractivity contribution in [1.29, 1.82) is 0 Å². The Morgan fingerprint density at radius 3 is 2.81 bits per heavy atom. The normalized spacial score (nSPS) is 10.8. The number of aromatic nitrogens is 3. The van der Waals surface area contributed by atoms with Gasteiger partial charge in [-0.05, 0) is 31.5 Å². The van der Waals surface area contributed by atoms with Crippen molar-refractivity contribution in [3.8, 4) is 11.6 Å². The lowest BCUT2D eigenvalue weighted by Crippen LogP contribution is -2.06. The highest BCUT2D eigenvalue weighted by atomic mass is 16.5. The van der Waals surface area contributed by atoms with Gasteiger partial charge in [-0.25, -0.2) is 4.98 Å². The molecule has 0 saturated heterocycles. The van der Waals surface area contributed by atoms with Gasteiger partial charge in [0, 0.05) is 24.8 Å². The Balaban J connectivity index is 2.16. The number of hydrogen-bond acceptors (Lipinski definition) is 4. The van der Waals surface area contributed by atoms with Gasteiger partial charge < -0.3 is 10.1 Å². The average Bonchev–Trinajstić information content (AvgIpc) is 2.87. The van der Waals surface area contributed by atoms with Crippen molar-refractivity contribution in [1.82, 2.24) is 20.1 Å². The molecule has 0 aliphatic heterocycles. The standard InChI is InChI=1S/C16H24N4O/c1-4-6-14-8-13(10-17-3)9-16(19-14)21-15-11-18-20(12-15)7-5-2/h8-9,11-12,17H,4-7,10H2,1-3H3. The zero-order valence-corrected chi connectivity index (χ0v) is 13.1. The second kappa shape index (κ2) is 7.78. The summed E-state index contributed by atoms with van der Waals surface area (Å²) in [4.78, 5) is 4.57. The Morgan fingerprint density at radius 1 is 1.24 bits per heavy atom. The molecule has 2 aromatic heterocycles. The highest BCUT2D eigenvalue weighted by Gasteiger charge is 2.06. The van der Waals surface area contributed by atoms with E-state index in [1.54, 1.807) is 6.20 Å². The topological polar surface area (TPSA) is 52.0 Å². The van der Waals surface area contributed by atoms with Crippen LogP contribution >= 0.6 is 0 Å². The summed E-state index contributed by atoms with van der Waals surface area (Å²) >= 11 is 0. The molecule has 1 N–H and O–H groups in total. The maximum absolute atomic E-state index is 5.86. The summed E-state index contributed by atoms with van der Waals surface area (Å²) in [6.07, 6.45) is 6.74. The molecule has 0 atom stereocenters. The molecule has 2 rings (SSSR count). The van der Waals surface area contributed by atoms with E-state index in [0.29, 0.717) is 5.88 Å². The van der Waals surface area contributed by atoms with E-state index in [9.17, 15) is 0 Å². The first-order chi connectivity index (χ1) is 10.2. The maximum Gasteiger partial charge on any atom is 0.219 e. The Morgan fingerprint density at radius 2 is 2.10 bits per heavy atom. The van der Waals surface area contributed by atoms with Crippen LogP contribution in [0.1, 0.15) is 37.9 Å². The molecule has 0 radical (unpaired) electrons. The molecule has 0 aliphatic rings. The van der Waals surface area contributed by atoms with Crippen LogP contribution in [-0.2, 0) is 19.5 Å². The molecular weight excluding hydrogens is 264 g/mol. The van der Waals surface area contributed by atoms with E-state index < -0.39 is 0 Å². The van der Waals surface area contributed by atoms with E-state index >= 15 is 0 Å². The molecule has 0 saturated carbocycles. The van der Waals surface area contributed by atoms with Crippen molar-refractivity contribution in [2.45, 2.75) is 46.2 Å². The highest BCUT2D eigenvalue weighted by Crippen LogP contribution is 2.21. The minimum Gasteiger partial charge on any atom is -0.436 e. The van der Waals surface area contributed by atoms with Crippen molar-refractivity contribution in [3.05, 3.63) is 35.8 Å². The number of nitrogens with one attached hydrogen (secondary N) is 1. The van der Waals surface area contributed by atoms with Gasteiger partial charge in [-0.2, -0.15) is 5.10 Å². The fraction of sp³-hybridized carbons (Fsp3) is 0.500. The molecule has 0 spiro atoms. The van der Waals surface area contributed by atoms with Crippen LogP contribution in [0.4, 0.5) is 0 Å². The molecule has 2 aromatic rings. The molecule has 5 heteroatoms. The number of aryl methyl sites for hydroxylation is 2. The summed E-state index contributed by atoms with van der Waals surface area (Å²) in [7, 11) is 1.94. The molecule has 5 nitrogen and oxygen atoms in total. The van der Waals surface area contributed by atoms with Gasteiger partial charge >= 0.3 is 0 Å². The molecule has 21 heavy (non-hydrogen) atoms. The molecule has 114 valence electrons. The lowest BCUT2D eigenvalue weighted by atomic mass is 10.1. The van der Waals surface area contributed by atoms with Crippen LogP contribution in [0.2, 0.25) is 0 Å². The third kappa shape index (κ3) is 4.56. The zero-order valence-electron chi connectivity index (χ0n) is 13.1. The van der Waals surface area contributed by atoms with Crippen molar-refractivity contribution in [2.24, 2.45) is 0 Å². The lowest BCUT2D eigenvalue weighted by molar-refractivity contribution is 0.457. The van der Waals surface area contributed by atoms with Crippen LogP contribution < -0.4 is 10.1 Å². The summed E-state index contributed by atoms with van der Waals surface area (Å²) in [6.45, 7) is 5.99. The van der Waals surface area contributed by atoms with Crippen LogP contribution in [0.5, 0.6) is 11.6 Å². The number of nitrogens with zero attached hydrogens (tertiary/aromatic N) is 3. The molecule has 0 fully saturated rings. The second-order valence-electron chi connectivity index (χ2n) is 5.13. The van der Waals surface area contributed by atoms with E-state index in [4.69, 9.17) is 4.74 Å². The van der Waals surface area contributed by atoms with Gasteiger partial charge in [-0.15, -0.1) is 0 Å². The van der Waals surface area contributed by atoms with Crippen LogP contribution in [0.15, 0.2) is 24.5 Å². The van der Waals surface area contributed by atoms with E-state index in [1.165, 1.54) is 5.56 Å². The van der Waals surface area contributed by atoms with Gasteiger partial charge in [0.2, 0.25) is 5.88 Å². The van der Waals surface area contributed by atoms with Gasteiger partial charge in [-0.3, -0.25) is 4.68 Å². The summed E-state index contributed by atoms with van der Waals surface area (Å²) < 4.78 is 7.75.